The molecule has 0 radical (unpaired) electrons. The quantitative estimate of drug-likeness (QED) is 0.626. The fourth-order valence-corrected chi connectivity index (χ4v) is 1.09. The summed E-state index contributed by atoms with van der Waals surface area (Å²) >= 11 is 0. The van der Waals surface area contributed by atoms with Crippen molar-refractivity contribution in [2.24, 2.45) is 5.41 Å². The predicted octanol–water partition coefficient (Wildman–Crippen LogP) is 2.52. The first-order valence-corrected chi connectivity index (χ1v) is 5.54. The second-order valence-corrected chi connectivity index (χ2v) is 5.95. The second kappa shape index (κ2) is 3.70. The van der Waals surface area contributed by atoms with Gasteiger partial charge < -0.3 is 9.05 Å². The third-order valence-corrected chi connectivity index (χ3v) is 2.33. The van der Waals surface area contributed by atoms with Gasteiger partial charge in [-0.3, -0.25) is 4.57 Å². The monoisotopic (exact) mass is 180 g/mol. The fourth-order valence-electron chi connectivity index (χ4n) is 0.364. The standard InChI is InChI=1S/C7H17O3P/c1-7(2,3)6-10-11(5,8)9-4/h6H2,1-5H3. The van der Waals surface area contributed by atoms with Crippen LogP contribution in [0.1, 0.15) is 20.8 Å². The van der Waals surface area contributed by atoms with Gasteiger partial charge in [0.15, 0.2) is 0 Å². The number of rotatable bonds is 3. The highest BCUT2D eigenvalue weighted by Crippen LogP contribution is 2.43. The van der Waals surface area contributed by atoms with Crippen LogP contribution < -0.4 is 0 Å². The molecule has 0 aromatic heterocycles. The molecule has 0 saturated heterocycles. The molecule has 0 saturated carbocycles. The SMILES string of the molecule is COP(C)(=O)OCC(C)(C)C. The van der Waals surface area contributed by atoms with Gasteiger partial charge in [-0.05, 0) is 5.41 Å². The molecule has 0 amide bonds. The van der Waals surface area contributed by atoms with Gasteiger partial charge in [0.2, 0.25) is 0 Å². The van der Waals surface area contributed by atoms with Crippen molar-refractivity contribution in [3.8, 4) is 0 Å². The molecule has 0 aliphatic heterocycles. The molecule has 0 aromatic carbocycles. The number of hydrogen-bond donors (Lipinski definition) is 0. The zero-order valence-corrected chi connectivity index (χ0v) is 8.77. The third-order valence-electron chi connectivity index (χ3n) is 1.06. The molecule has 0 aliphatic carbocycles. The van der Waals surface area contributed by atoms with Crippen LogP contribution in [-0.2, 0) is 13.6 Å². The molecular formula is C7H17O3P. The molecule has 0 rings (SSSR count). The van der Waals surface area contributed by atoms with Gasteiger partial charge in [0.05, 0.1) is 6.61 Å². The van der Waals surface area contributed by atoms with Gasteiger partial charge >= 0.3 is 7.60 Å². The van der Waals surface area contributed by atoms with Crippen molar-refractivity contribution < 1.29 is 13.6 Å². The average molecular weight is 180 g/mol. The first-order valence-electron chi connectivity index (χ1n) is 3.55. The Labute approximate surface area is 68.6 Å². The Morgan fingerprint density at radius 1 is 1.36 bits per heavy atom. The molecule has 1 unspecified atom stereocenters. The van der Waals surface area contributed by atoms with E-state index in [9.17, 15) is 4.57 Å². The zero-order chi connectivity index (χ0) is 9.12. The van der Waals surface area contributed by atoms with Gasteiger partial charge in [-0.1, -0.05) is 20.8 Å². The highest BCUT2D eigenvalue weighted by Gasteiger charge is 2.19. The van der Waals surface area contributed by atoms with Crippen LogP contribution in [0.3, 0.4) is 0 Å². The van der Waals surface area contributed by atoms with Crippen LogP contribution >= 0.6 is 7.60 Å². The van der Waals surface area contributed by atoms with E-state index in [1.54, 1.807) is 0 Å². The third kappa shape index (κ3) is 6.54. The minimum absolute atomic E-state index is 0.0319. The largest absolute Gasteiger partial charge is 0.327 e. The highest BCUT2D eigenvalue weighted by atomic mass is 31.2. The van der Waals surface area contributed by atoms with E-state index in [0.29, 0.717) is 6.61 Å². The maximum Gasteiger partial charge on any atom is 0.327 e. The van der Waals surface area contributed by atoms with E-state index in [2.05, 4.69) is 4.52 Å². The van der Waals surface area contributed by atoms with E-state index in [1.165, 1.54) is 13.8 Å². The Morgan fingerprint density at radius 3 is 2.09 bits per heavy atom. The van der Waals surface area contributed by atoms with Gasteiger partial charge in [-0.25, -0.2) is 0 Å². The maximum absolute atomic E-state index is 11.2. The lowest BCUT2D eigenvalue weighted by molar-refractivity contribution is 0.166. The summed E-state index contributed by atoms with van der Waals surface area (Å²) in [4.78, 5) is 0. The van der Waals surface area contributed by atoms with E-state index >= 15 is 0 Å². The van der Waals surface area contributed by atoms with E-state index < -0.39 is 7.60 Å². The second-order valence-electron chi connectivity index (χ2n) is 3.79. The Balaban J connectivity index is 3.80. The summed E-state index contributed by atoms with van der Waals surface area (Å²) in [5.41, 5.74) is 0.0319. The van der Waals surface area contributed by atoms with Crippen molar-refractivity contribution >= 4 is 7.60 Å². The zero-order valence-electron chi connectivity index (χ0n) is 7.88. The van der Waals surface area contributed by atoms with Crippen LogP contribution in [0.2, 0.25) is 0 Å². The Bertz CT molecular complexity index is 160. The molecule has 3 nitrogen and oxygen atoms in total. The first kappa shape index (κ1) is 11.2. The summed E-state index contributed by atoms with van der Waals surface area (Å²) < 4.78 is 20.9. The lowest BCUT2D eigenvalue weighted by Crippen LogP contribution is -2.13. The number of hydrogen-bond acceptors (Lipinski definition) is 3. The molecule has 0 fully saturated rings. The summed E-state index contributed by atoms with van der Waals surface area (Å²) in [5, 5.41) is 0. The lowest BCUT2D eigenvalue weighted by Gasteiger charge is -2.20. The van der Waals surface area contributed by atoms with Crippen molar-refractivity contribution in [1.29, 1.82) is 0 Å². The molecular weight excluding hydrogens is 163 g/mol. The smallest absolute Gasteiger partial charge is 0.312 e. The maximum atomic E-state index is 11.2. The minimum atomic E-state index is -2.77. The van der Waals surface area contributed by atoms with Crippen LogP contribution in [-0.4, -0.2) is 20.4 Å². The van der Waals surface area contributed by atoms with Gasteiger partial charge in [0.25, 0.3) is 0 Å². The van der Waals surface area contributed by atoms with E-state index in [-0.39, 0.29) is 5.41 Å². The Morgan fingerprint density at radius 2 is 1.82 bits per heavy atom. The average Bonchev–Trinajstić information content (AvgIpc) is 1.83. The van der Waals surface area contributed by atoms with Gasteiger partial charge in [0.1, 0.15) is 0 Å². The van der Waals surface area contributed by atoms with Gasteiger partial charge in [-0.2, -0.15) is 0 Å². The summed E-state index contributed by atoms with van der Waals surface area (Å²) in [6, 6.07) is 0. The van der Waals surface area contributed by atoms with Crippen molar-refractivity contribution in [1.82, 2.24) is 0 Å². The van der Waals surface area contributed by atoms with Crippen molar-refractivity contribution in [3.63, 3.8) is 0 Å². The van der Waals surface area contributed by atoms with Crippen LogP contribution in [0.5, 0.6) is 0 Å². The van der Waals surface area contributed by atoms with Crippen LogP contribution in [0, 0.1) is 5.41 Å². The molecule has 68 valence electrons. The summed E-state index contributed by atoms with van der Waals surface area (Å²) in [7, 11) is -1.38. The fraction of sp³-hybridized carbons (Fsp3) is 1.00. The van der Waals surface area contributed by atoms with Crippen molar-refractivity contribution in [3.05, 3.63) is 0 Å². The lowest BCUT2D eigenvalue weighted by atomic mass is 9.99. The van der Waals surface area contributed by atoms with Crippen LogP contribution in [0.4, 0.5) is 0 Å². The van der Waals surface area contributed by atoms with E-state index in [0.717, 1.165) is 0 Å². The van der Waals surface area contributed by atoms with Crippen LogP contribution in [0.25, 0.3) is 0 Å². The van der Waals surface area contributed by atoms with Gasteiger partial charge in [-0.15, -0.1) is 0 Å². The molecule has 4 heteroatoms. The van der Waals surface area contributed by atoms with E-state index in [1.807, 2.05) is 20.8 Å². The minimum Gasteiger partial charge on any atom is -0.312 e. The molecule has 0 N–H and O–H groups in total. The molecule has 0 aromatic rings. The topological polar surface area (TPSA) is 35.5 Å². The molecule has 0 bridgehead atoms. The van der Waals surface area contributed by atoms with Crippen molar-refractivity contribution in [2.75, 3.05) is 20.4 Å². The summed E-state index contributed by atoms with van der Waals surface area (Å²) in [6.07, 6.45) is 0. The molecule has 0 spiro atoms. The molecule has 0 heterocycles. The predicted molar refractivity (Wildman–Crippen MR) is 45.9 cm³/mol. The summed E-state index contributed by atoms with van der Waals surface area (Å²) in [6.45, 7) is 7.97. The Kier molecular flexibility index (Phi) is 3.75. The highest BCUT2D eigenvalue weighted by molar-refractivity contribution is 7.52. The Hall–Kier alpha value is 0.150. The van der Waals surface area contributed by atoms with Gasteiger partial charge in [0, 0.05) is 13.8 Å². The molecule has 1 atom stereocenters. The normalized spacial score (nSPS) is 17.9. The van der Waals surface area contributed by atoms with Crippen LogP contribution in [0.15, 0.2) is 0 Å². The molecule has 11 heavy (non-hydrogen) atoms. The first-order chi connectivity index (χ1) is 4.77. The molecule has 0 aliphatic rings. The summed E-state index contributed by atoms with van der Waals surface area (Å²) in [5.74, 6) is 0. The van der Waals surface area contributed by atoms with Crippen molar-refractivity contribution in [2.45, 2.75) is 20.8 Å². The van der Waals surface area contributed by atoms with E-state index in [4.69, 9.17) is 4.52 Å².